The van der Waals surface area contributed by atoms with Gasteiger partial charge in [-0.15, -0.1) is 6.42 Å². The molecule has 5 heterocycles. The van der Waals surface area contributed by atoms with Crippen LogP contribution < -0.4 is 25.5 Å². The van der Waals surface area contributed by atoms with E-state index in [-0.39, 0.29) is 68.8 Å². The van der Waals surface area contributed by atoms with E-state index in [1.165, 1.54) is 31.4 Å². The summed E-state index contributed by atoms with van der Waals surface area (Å²) in [6.07, 6.45) is 12.2. The Labute approximate surface area is 313 Å². The molecule has 288 valence electrons. The number of aliphatic hydroxyl groups is 1. The molecule has 3 N–H and O–H groups in total. The summed E-state index contributed by atoms with van der Waals surface area (Å²) in [6, 6.07) is 4.60. The standard InChI is InChI=1S/C41H49F2N5O6/c1-6-27-29(42)12-11-24-18-25(49)19-28(31(24)27)34-33(43)35-32(37(44-34)51-5)36(48-17-8-13-40(4,50)22-48)46-38(45-35)52-23-41-14-7-10-30(41)47(16-9-15-41)20-26-21-53-39(2,3)54-26/h1,11-12,18-19,26,30,34,44,49-50H,7-10,13-17,20-23H2,2-5H3/t26-,30+,34?,40+,41+/m0/s1. The zero-order chi connectivity index (χ0) is 38.0. The summed E-state index contributed by atoms with van der Waals surface area (Å²) in [5, 5.41) is 26.0. The summed E-state index contributed by atoms with van der Waals surface area (Å²) < 4.78 is 56.9. The highest BCUT2D eigenvalue weighted by Crippen LogP contribution is 2.48. The number of fused-ring (bicyclic) bond motifs is 3. The van der Waals surface area contributed by atoms with E-state index in [2.05, 4.69) is 16.1 Å². The van der Waals surface area contributed by atoms with Gasteiger partial charge in [-0.05, 0) is 95.0 Å². The number of β-amino-alcohol motifs (C(OH)–C–C–N with tert-alkyl or cyclic N) is 1. The van der Waals surface area contributed by atoms with Gasteiger partial charge in [0.25, 0.3) is 0 Å². The van der Waals surface area contributed by atoms with E-state index in [1.54, 1.807) is 6.92 Å². The molecular weight excluding hydrogens is 696 g/mol. The lowest BCUT2D eigenvalue weighted by Crippen LogP contribution is -2.54. The van der Waals surface area contributed by atoms with Crippen molar-refractivity contribution < 1.29 is 37.9 Å². The Bertz CT molecular complexity index is 2140. The molecule has 13 heteroatoms. The van der Waals surface area contributed by atoms with Crippen molar-refractivity contribution in [3.05, 3.63) is 51.8 Å². The minimum absolute atomic E-state index is 0.00578. The van der Waals surface area contributed by atoms with Gasteiger partial charge >= 0.3 is 6.01 Å². The van der Waals surface area contributed by atoms with Crippen molar-refractivity contribution in [1.29, 1.82) is 0 Å². The summed E-state index contributed by atoms with van der Waals surface area (Å²) in [5.41, 5.74) is -0.979. The summed E-state index contributed by atoms with van der Waals surface area (Å²) in [6.45, 7) is 9.15. The summed E-state index contributed by atoms with van der Waals surface area (Å²) in [7, 11) is 1.46. The van der Waals surface area contributed by atoms with Gasteiger partial charge in [-0.3, -0.25) is 4.90 Å². The number of nitrogens with zero attached hydrogens (tertiary/aromatic N) is 4. The SMILES string of the molecule is C#Cc1c(F)ccc2cc(O)cc(C3NC(OC)=c4c(N5CCC[C@@](C)(O)C5)nc(OC[C@]56CCC[C@H]5N(C[C@H]5COC(C)(C)O5)CCC6)nc4=C3F)c12. The first-order valence-electron chi connectivity index (χ1n) is 19.0. The number of anilines is 1. The molecule has 2 aromatic carbocycles. The van der Waals surface area contributed by atoms with Gasteiger partial charge in [0, 0.05) is 36.5 Å². The van der Waals surface area contributed by atoms with Crippen molar-refractivity contribution in [2.45, 2.75) is 95.3 Å². The fourth-order valence-corrected chi connectivity index (χ4v) is 9.66. The van der Waals surface area contributed by atoms with Crippen molar-refractivity contribution in [3.8, 4) is 24.1 Å². The average Bonchev–Trinajstić information content (AvgIpc) is 3.73. The molecule has 1 aliphatic carbocycles. The average molecular weight is 746 g/mol. The first kappa shape index (κ1) is 36.7. The number of aromatic hydroxyl groups is 1. The Hall–Kier alpha value is -4.22. The number of piperidine rings is 2. The van der Waals surface area contributed by atoms with Crippen LogP contribution in [0.1, 0.15) is 82.9 Å². The lowest BCUT2D eigenvalue weighted by atomic mass is 9.75. The normalized spacial score (nSPS) is 29.4. The molecule has 3 saturated heterocycles. The van der Waals surface area contributed by atoms with Crippen LogP contribution in [0.5, 0.6) is 11.8 Å². The Morgan fingerprint density at radius 2 is 1.89 bits per heavy atom. The van der Waals surface area contributed by atoms with Crippen LogP contribution in [0.15, 0.2) is 24.3 Å². The van der Waals surface area contributed by atoms with Crippen LogP contribution >= 0.6 is 0 Å². The highest BCUT2D eigenvalue weighted by molar-refractivity contribution is 5.94. The second-order valence-corrected chi connectivity index (χ2v) is 16.3. The van der Waals surface area contributed by atoms with E-state index in [1.807, 2.05) is 18.7 Å². The van der Waals surface area contributed by atoms with E-state index >= 15 is 8.78 Å². The zero-order valence-electron chi connectivity index (χ0n) is 31.4. The molecule has 0 spiro atoms. The highest BCUT2D eigenvalue weighted by atomic mass is 19.1. The maximum Gasteiger partial charge on any atom is 0.319 e. The minimum Gasteiger partial charge on any atom is -0.508 e. The van der Waals surface area contributed by atoms with Crippen molar-refractivity contribution in [2.24, 2.45) is 5.41 Å². The van der Waals surface area contributed by atoms with Crippen molar-refractivity contribution in [2.75, 3.05) is 51.4 Å². The Kier molecular flexibility index (Phi) is 9.40. The first-order valence-corrected chi connectivity index (χ1v) is 19.0. The molecule has 1 unspecified atom stereocenters. The number of rotatable bonds is 8. The van der Waals surface area contributed by atoms with Gasteiger partial charge in [0.1, 0.15) is 34.0 Å². The van der Waals surface area contributed by atoms with E-state index in [4.69, 9.17) is 35.3 Å². The lowest BCUT2D eigenvalue weighted by Gasteiger charge is -2.46. The quantitative estimate of drug-likeness (QED) is 0.289. The Morgan fingerprint density at radius 3 is 2.63 bits per heavy atom. The molecule has 8 rings (SSSR count). The minimum atomic E-state index is -1.26. The van der Waals surface area contributed by atoms with Crippen LogP contribution in [0.2, 0.25) is 0 Å². The number of aromatic nitrogens is 2. The molecule has 1 saturated carbocycles. The lowest BCUT2D eigenvalue weighted by molar-refractivity contribution is -0.143. The number of terminal acetylenes is 1. The van der Waals surface area contributed by atoms with Crippen LogP contribution in [-0.4, -0.2) is 95.1 Å². The van der Waals surface area contributed by atoms with Crippen LogP contribution in [0.25, 0.3) is 22.5 Å². The summed E-state index contributed by atoms with van der Waals surface area (Å²) in [5.74, 6) is 0.887. The van der Waals surface area contributed by atoms with Gasteiger partial charge in [-0.1, -0.05) is 18.4 Å². The van der Waals surface area contributed by atoms with Crippen LogP contribution in [0, 0.1) is 23.6 Å². The molecule has 11 nitrogen and oxygen atoms in total. The zero-order valence-corrected chi connectivity index (χ0v) is 31.4. The molecule has 3 aromatic rings. The van der Waals surface area contributed by atoms with Gasteiger partial charge in [-0.2, -0.15) is 9.97 Å². The first-order chi connectivity index (χ1) is 25.8. The fraction of sp³-hybridized carbons (Fsp3) is 0.561. The number of phenols is 1. The molecule has 4 fully saturated rings. The molecule has 5 atom stereocenters. The van der Waals surface area contributed by atoms with E-state index in [0.717, 1.165) is 45.2 Å². The number of phenolic OH excluding ortho intramolecular Hbond substituents is 1. The molecular formula is C41H49F2N5O6. The molecule has 54 heavy (non-hydrogen) atoms. The van der Waals surface area contributed by atoms with Gasteiger partial charge in [0.2, 0.25) is 5.88 Å². The smallest absolute Gasteiger partial charge is 0.319 e. The number of ether oxygens (including phenoxy) is 4. The maximum absolute atomic E-state index is 17.3. The van der Waals surface area contributed by atoms with Crippen LogP contribution in [-0.2, 0) is 14.2 Å². The number of methoxy groups -OCH3 is 1. The summed E-state index contributed by atoms with van der Waals surface area (Å²) in [4.78, 5) is 14.1. The van der Waals surface area contributed by atoms with Crippen LogP contribution in [0.3, 0.4) is 0 Å². The third-order valence-electron chi connectivity index (χ3n) is 12.0. The van der Waals surface area contributed by atoms with Crippen molar-refractivity contribution in [1.82, 2.24) is 20.2 Å². The number of hydrogen-bond acceptors (Lipinski definition) is 11. The third-order valence-corrected chi connectivity index (χ3v) is 12.0. The molecule has 5 aliphatic rings. The third kappa shape index (κ3) is 6.61. The highest BCUT2D eigenvalue weighted by Gasteiger charge is 2.49. The van der Waals surface area contributed by atoms with Gasteiger partial charge in [0.05, 0.1) is 37.6 Å². The fourth-order valence-electron chi connectivity index (χ4n) is 9.66. The Morgan fingerprint density at radius 1 is 1.09 bits per heavy atom. The number of nitrogens with one attached hydrogen (secondary N) is 1. The predicted octanol–water partition coefficient (Wildman–Crippen LogP) is 4.11. The second kappa shape index (κ2) is 13.8. The van der Waals surface area contributed by atoms with E-state index < -0.39 is 29.1 Å². The largest absolute Gasteiger partial charge is 0.508 e. The van der Waals surface area contributed by atoms with E-state index in [9.17, 15) is 10.2 Å². The number of benzene rings is 2. The topological polar surface area (TPSA) is 122 Å². The molecule has 0 radical (unpaired) electrons. The summed E-state index contributed by atoms with van der Waals surface area (Å²) >= 11 is 0. The number of hydrogen-bond donors (Lipinski definition) is 3. The monoisotopic (exact) mass is 745 g/mol. The van der Waals surface area contributed by atoms with Gasteiger partial charge < -0.3 is 39.4 Å². The van der Waals surface area contributed by atoms with Gasteiger partial charge in [0.15, 0.2) is 11.6 Å². The maximum atomic E-state index is 17.3. The van der Waals surface area contributed by atoms with Crippen molar-refractivity contribution >= 4 is 28.3 Å². The van der Waals surface area contributed by atoms with Crippen molar-refractivity contribution in [3.63, 3.8) is 0 Å². The van der Waals surface area contributed by atoms with E-state index in [0.29, 0.717) is 43.8 Å². The second-order valence-electron chi connectivity index (χ2n) is 16.3. The van der Waals surface area contributed by atoms with Crippen LogP contribution in [0.4, 0.5) is 14.6 Å². The molecule has 1 aromatic heterocycles. The number of halogens is 2. The van der Waals surface area contributed by atoms with Gasteiger partial charge in [-0.25, -0.2) is 8.78 Å². The molecule has 4 aliphatic heterocycles. The molecule has 0 amide bonds. The molecule has 0 bridgehead atoms. The Balaban J connectivity index is 1.21. The predicted molar refractivity (Wildman–Crippen MR) is 199 cm³/mol. The number of likely N-dealkylation sites (tertiary alicyclic amines) is 1.